The van der Waals surface area contributed by atoms with Crippen molar-refractivity contribution in [3.8, 4) is 5.75 Å². The van der Waals surface area contributed by atoms with Crippen LogP contribution in [0.15, 0.2) is 48.8 Å². The third-order valence-corrected chi connectivity index (χ3v) is 5.31. The number of amides is 2. The Balaban J connectivity index is 1.39. The van der Waals surface area contributed by atoms with Gasteiger partial charge in [-0.05, 0) is 42.2 Å². The van der Waals surface area contributed by atoms with Crippen molar-refractivity contribution >= 4 is 11.8 Å². The van der Waals surface area contributed by atoms with Crippen LogP contribution in [0.4, 0.5) is 0 Å². The normalized spacial score (nSPS) is 14.8. The second-order valence-electron chi connectivity index (χ2n) is 7.50. The Morgan fingerprint density at radius 2 is 1.90 bits per heavy atom. The predicted octanol–water partition coefficient (Wildman–Crippen LogP) is 1.87. The van der Waals surface area contributed by atoms with Gasteiger partial charge in [0.05, 0.1) is 13.7 Å². The molecule has 1 N–H and O–H groups in total. The quantitative estimate of drug-likeness (QED) is 0.719. The second-order valence-corrected chi connectivity index (χ2v) is 7.50. The number of aromatic nitrogens is 1. The van der Waals surface area contributed by atoms with Crippen molar-refractivity contribution in [1.29, 1.82) is 0 Å². The molecular weight excluding hydrogens is 380 g/mol. The van der Waals surface area contributed by atoms with Crippen molar-refractivity contribution in [3.05, 3.63) is 59.9 Å². The fraction of sp³-hybridized carbons (Fsp3) is 0.435. The van der Waals surface area contributed by atoms with Gasteiger partial charge in [-0.2, -0.15) is 0 Å². The molecule has 7 heteroatoms. The number of pyridine rings is 1. The summed E-state index contributed by atoms with van der Waals surface area (Å²) in [5, 5.41) is 2.94. The van der Waals surface area contributed by atoms with Crippen molar-refractivity contribution in [2.24, 2.45) is 0 Å². The summed E-state index contributed by atoms with van der Waals surface area (Å²) in [6, 6.07) is 11.6. The highest BCUT2D eigenvalue weighted by atomic mass is 16.5. The van der Waals surface area contributed by atoms with Crippen molar-refractivity contribution in [2.45, 2.75) is 25.8 Å². The molecule has 2 heterocycles. The summed E-state index contributed by atoms with van der Waals surface area (Å²) in [4.78, 5) is 33.0. The van der Waals surface area contributed by atoms with Crippen molar-refractivity contribution in [3.63, 3.8) is 0 Å². The van der Waals surface area contributed by atoms with Crippen LogP contribution < -0.4 is 10.1 Å². The summed E-state index contributed by atoms with van der Waals surface area (Å²) in [5.74, 6) is 0.994. The van der Waals surface area contributed by atoms with Crippen LogP contribution in [0, 0.1) is 0 Å². The zero-order valence-corrected chi connectivity index (χ0v) is 17.5. The average molecular weight is 411 g/mol. The van der Waals surface area contributed by atoms with Gasteiger partial charge >= 0.3 is 0 Å². The first-order chi connectivity index (χ1) is 14.6. The number of ether oxygens (including phenoxy) is 1. The summed E-state index contributed by atoms with van der Waals surface area (Å²) < 4.78 is 5.17. The lowest BCUT2D eigenvalue weighted by Crippen LogP contribution is -2.40. The molecule has 160 valence electrons. The lowest BCUT2D eigenvalue weighted by molar-refractivity contribution is -0.131. The van der Waals surface area contributed by atoms with Gasteiger partial charge in [-0.3, -0.25) is 19.5 Å². The SMILES string of the molecule is COc1ccc(CCC(=O)N2CCCN(CC(=O)NCc3cccnc3)CC2)cc1. The van der Waals surface area contributed by atoms with E-state index < -0.39 is 0 Å². The Morgan fingerprint density at radius 1 is 1.07 bits per heavy atom. The van der Waals surface area contributed by atoms with Gasteiger partial charge in [0.25, 0.3) is 0 Å². The summed E-state index contributed by atoms with van der Waals surface area (Å²) in [5.41, 5.74) is 2.11. The minimum Gasteiger partial charge on any atom is -0.497 e. The molecule has 3 rings (SSSR count). The molecule has 1 aromatic carbocycles. The van der Waals surface area contributed by atoms with Gasteiger partial charge in [0.1, 0.15) is 5.75 Å². The minimum atomic E-state index is -0.00173. The highest BCUT2D eigenvalue weighted by Gasteiger charge is 2.20. The molecule has 1 aliphatic heterocycles. The van der Waals surface area contributed by atoms with E-state index in [9.17, 15) is 9.59 Å². The molecule has 0 spiro atoms. The van der Waals surface area contributed by atoms with Gasteiger partial charge in [-0.25, -0.2) is 0 Å². The van der Waals surface area contributed by atoms with Crippen LogP contribution in [0.1, 0.15) is 24.0 Å². The molecule has 1 aliphatic rings. The number of methoxy groups -OCH3 is 1. The third kappa shape index (κ3) is 6.84. The summed E-state index contributed by atoms with van der Waals surface area (Å²) in [6.07, 6.45) is 5.57. The van der Waals surface area contributed by atoms with E-state index in [0.717, 1.165) is 42.8 Å². The average Bonchev–Trinajstić information content (AvgIpc) is 3.03. The highest BCUT2D eigenvalue weighted by molar-refractivity contribution is 5.78. The number of hydrogen-bond donors (Lipinski definition) is 1. The monoisotopic (exact) mass is 410 g/mol. The number of carbonyl (C=O) groups is 2. The van der Waals surface area contributed by atoms with Gasteiger partial charge in [-0.15, -0.1) is 0 Å². The molecule has 2 aromatic rings. The largest absolute Gasteiger partial charge is 0.497 e. The lowest BCUT2D eigenvalue weighted by Gasteiger charge is -2.22. The number of rotatable bonds is 8. The lowest BCUT2D eigenvalue weighted by atomic mass is 10.1. The van der Waals surface area contributed by atoms with Crippen LogP contribution in [0.5, 0.6) is 5.75 Å². The molecule has 0 unspecified atom stereocenters. The Hall–Kier alpha value is -2.93. The fourth-order valence-corrected chi connectivity index (χ4v) is 3.54. The topological polar surface area (TPSA) is 74.8 Å². The molecular formula is C23H30N4O3. The van der Waals surface area contributed by atoms with Crippen molar-refractivity contribution in [1.82, 2.24) is 20.1 Å². The first-order valence-corrected chi connectivity index (χ1v) is 10.4. The molecule has 30 heavy (non-hydrogen) atoms. The number of hydrogen-bond acceptors (Lipinski definition) is 5. The molecule has 0 saturated carbocycles. The molecule has 0 atom stereocenters. The first kappa shape index (κ1) is 21.8. The summed E-state index contributed by atoms with van der Waals surface area (Å²) >= 11 is 0. The maximum Gasteiger partial charge on any atom is 0.234 e. The van der Waals surface area contributed by atoms with Crippen LogP contribution in [0.3, 0.4) is 0 Å². The molecule has 1 aromatic heterocycles. The van der Waals surface area contributed by atoms with E-state index >= 15 is 0 Å². The van der Waals surface area contributed by atoms with Crippen LogP contribution in [0.25, 0.3) is 0 Å². The molecule has 0 radical (unpaired) electrons. The maximum atomic E-state index is 12.6. The summed E-state index contributed by atoms with van der Waals surface area (Å²) in [6.45, 7) is 3.79. The minimum absolute atomic E-state index is 0.00173. The van der Waals surface area contributed by atoms with E-state index in [4.69, 9.17) is 4.74 Å². The van der Waals surface area contributed by atoms with E-state index in [1.807, 2.05) is 41.3 Å². The van der Waals surface area contributed by atoms with Gasteiger partial charge in [-0.1, -0.05) is 18.2 Å². The number of nitrogens with one attached hydrogen (secondary N) is 1. The van der Waals surface area contributed by atoms with Crippen LogP contribution in [0.2, 0.25) is 0 Å². The molecule has 1 fully saturated rings. The second kappa shape index (κ2) is 11.3. The Morgan fingerprint density at radius 3 is 2.63 bits per heavy atom. The van der Waals surface area contributed by atoms with Gasteiger partial charge in [0.2, 0.25) is 11.8 Å². The number of carbonyl (C=O) groups excluding carboxylic acids is 2. The molecule has 0 bridgehead atoms. The first-order valence-electron chi connectivity index (χ1n) is 10.4. The Kier molecular flexibility index (Phi) is 8.20. The smallest absolute Gasteiger partial charge is 0.234 e. The molecule has 2 amide bonds. The fourth-order valence-electron chi connectivity index (χ4n) is 3.54. The molecule has 1 saturated heterocycles. The number of aryl methyl sites for hydroxylation is 1. The van der Waals surface area contributed by atoms with E-state index in [0.29, 0.717) is 32.6 Å². The maximum absolute atomic E-state index is 12.6. The Bertz CT molecular complexity index is 811. The van der Waals surface area contributed by atoms with E-state index in [1.165, 1.54) is 0 Å². The van der Waals surface area contributed by atoms with E-state index in [1.54, 1.807) is 19.5 Å². The highest BCUT2D eigenvalue weighted by Crippen LogP contribution is 2.13. The van der Waals surface area contributed by atoms with Gasteiger partial charge < -0.3 is 15.0 Å². The molecule has 7 nitrogen and oxygen atoms in total. The van der Waals surface area contributed by atoms with Crippen LogP contribution >= 0.6 is 0 Å². The predicted molar refractivity (Wildman–Crippen MR) is 115 cm³/mol. The summed E-state index contributed by atoms with van der Waals surface area (Å²) in [7, 11) is 1.64. The zero-order chi connectivity index (χ0) is 21.2. The van der Waals surface area contributed by atoms with Crippen molar-refractivity contribution in [2.75, 3.05) is 39.8 Å². The van der Waals surface area contributed by atoms with Gasteiger partial charge in [0, 0.05) is 51.5 Å². The van der Waals surface area contributed by atoms with E-state index in [-0.39, 0.29) is 11.8 Å². The van der Waals surface area contributed by atoms with E-state index in [2.05, 4.69) is 15.2 Å². The number of nitrogens with zero attached hydrogens (tertiary/aromatic N) is 3. The standard InChI is InChI=1S/C23H30N4O3/c1-30-21-8-5-19(6-9-21)7-10-23(29)27-13-3-12-26(14-15-27)18-22(28)25-17-20-4-2-11-24-16-20/h2,4-6,8-9,11,16H,3,7,10,12-15,17-18H2,1H3,(H,25,28). The van der Waals surface area contributed by atoms with Gasteiger partial charge in [0.15, 0.2) is 0 Å². The van der Waals surface area contributed by atoms with Crippen LogP contribution in [-0.4, -0.2) is 66.4 Å². The van der Waals surface area contributed by atoms with Crippen molar-refractivity contribution < 1.29 is 14.3 Å². The number of benzene rings is 1. The Labute approximate surface area is 178 Å². The zero-order valence-electron chi connectivity index (χ0n) is 17.5. The molecule has 0 aliphatic carbocycles. The van der Waals surface area contributed by atoms with Crippen LogP contribution in [-0.2, 0) is 22.6 Å². The third-order valence-electron chi connectivity index (χ3n) is 5.31.